The van der Waals surface area contributed by atoms with E-state index in [9.17, 15) is 14.7 Å². The number of nitrogens with zero attached hydrogens (tertiary/aromatic N) is 2. The number of methoxy groups -OCH3 is 1. The lowest BCUT2D eigenvalue weighted by Gasteiger charge is -2.46. The van der Waals surface area contributed by atoms with E-state index in [2.05, 4.69) is 5.16 Å². The molecule has 34 heavy (non-hydrogen) atoms. The first kappa shape index (κ1) is 23.7. The minimum absolute atomic E-state index is 0.183. The Morgan fingerprint density at radius 2 is 1.82 bits per heavy atom. The number of aromatic nitrogens is 1. The van der Waals surface area contributed by atoms with Crippen molar-refractivity contribution in [3.63, 3.8) is 0 Å². The van der Waals surface area contributed by atoms with Gasteiger partial charge in [-0.25, -0.2) is 0 Å². The van der Waals surface area contributed by atoms with Crippen molar-refractivity contribution in [1.82, 2.24) is 5.16 Å². The van der Waals surface area contributed by atoms with Crippen LogP contribution in [0.15, 0.2) is 75.7 Å². The van der Waals surface area contributed by atoms with E-state index in [0.717, 1.165) is 16.7 Å². The van der Waals surface area contributed by atoms with Gasteiger partial charge in [0.15, 0.2) is 11.5 Å². The number of carbonyl (C=O) groups is 2. The molecule has 1 amide bonds. The fraction of sp³-hybridized carbons (Fsp3) is 0.370. The number of fused-ring (bicyclic) bond motifs is 2. The van der Waals surface area contributed by atoms with Crippen LogP contribution < -0.4 is 4.90 Å². The van der Waals surface area contributed by atoms with Crippen LogP contribution in [0.2, 0.25) is 0 Å². The Bertz CT molecular complexity index is 1210. The van der Waals surface area contributed by atoms with Gasteiger partial charge in [0.1, 0.15) is 12.0 Å². The van der Waals surface area contributed by atoms with Crippen LogP contribution in [0.1, 0.15) is 34.6 Å². The zero-order chi connectivity index (χ0) is 24.8. The normalized spacial score (nSPS) is 28.1. The van der Waals surface area contributed by atoms with E-state index in [1.165, 1.54) is 11.2 Å². The Balaban J connectivity index is 0.00000133. The molecular formula is C27H30N2O5. The Kier molecular flexibility index (Phi) is 6.08. The highest BCUT2D eigenvalue weighted by Crippen LogP contribution is 2.53. The molecule has 1 aromatic carbocycles. The largest absolute Gasteiger partial charge is 0.503 e. The van der Waals surface area contributed by atoms with Crippen LogP contribution >= 0.6 is 0 Å². The topological polar surface area (TPSA) is 92.9 Å². The molecule has 1 saturated carbocycles. The minimum atomic E-state index is -0.911. The lowest BCUT2D eigenvalue weighted by Crippen LogP contribution is -2.52. The zero-order valence-corrected chi connectivity index (χ0v) is 20.3. The van der Waals surface area contributed by atoms with E-state index >= 15 is 0 Å². The quantitative estimate of drug-likeness (QED) is 0.644. The average molecular weight is 463 g/mol. The van der Waals surface area contributed by atoms with Gasteiger partial charge in [0.25, 0.3) is 5.91 Å². The fourth-order valence-corrected chi connectivity index (χ4v) is 5.57. The number of aliphatic hydroxyl groups excluding tert-OH is 1. The Morgan fingerprint density at radius 1 is 1.15 bits per heavy atom. The van der Waals surface area contributed by atoms with E-state index in [1.54, 1.807) is 25.3 Å². The first-order chi connectivity index (χ1) is 16.3. The molecule has 0 radical (unpaired) electrons. The molecule has 7 nitrogen and oxygen atoms in total. The van der Waals surface area contributed by atoms with E-state index < -0.39 is 23.1 Å². The summed E-state index contributed by atoms with van der Waals surface area (Å²) in [5.41, 5.74) is 3.31. The molecule has 1 aliphatic heterocycles. The number of amides is 1. The molecule has 3 aliphatic rings. The molecule has 1 aromatic heterocycles. The van der Waals surface area contributed by atoms with E-state index in [0.29, 0.717) is 11.4 Å². The highest BCUT2D eigenvalue weighted by atomic mass is 16.5. The molecule has 1 fully saturated rings. The van der Waals surface area contributed by atoms with Crippen LogP contribution in [0.5, 0.6) is 0 Å². The predicted molar refractivity (Wildman–Crippen MR) is 129 cm³/mol. The Hall–Kier alpha value is -3.45. The van der Waals surface area contributed by atoms with Gasteiger partial charge in [0.05, 0.1) is 23.1 Å². The highest BCUT2D eigenvalue weighted by Gasteiger charge is 2.58. The number of allylic oxidation sites excluding steroid dienone is 1. The summed E-state index contributed by atoms with van der Waals surface area (Å²) in [6.07, 6.45) is 4.99. The third kappa shape index (κ3) is 3.26. The molecule has 4 atom stereocenters. The molecule has 5 rings (SSSR count). The molecule has 2 heterocycles. The van der Waals surface area contributed by atoms with Gasteiger partial charge < -0.3 is 14.4 Å². The third-order valence-electron chi connectivity index (χ3n) is 7.04. The summed E-state index contributed by atoms with van der Waals surface area (Å²) in [5.74, 6) is -1.47. The summed E-state index contributed by atoms with van der Waals surface area (Å²) in [6.45, 7) is 9.82. The number of rotatable bonds is 3. The lowest BCUT2D eigenvalue weighted by molar-refractivity contribution is -0.122. The van der Waals surface area contributed by atoms with Crippen molar-refractivity contribution in [3.8, 4) is 11.3 Å². The first-order valence-electron chi connectivity index (χ1n) is 11.5. The van der Waals surface area contributed by atoms with Crippen LogP contribution in [0.4, 0.5) is 5.69 Å². The predicted octanol–water partition coefficient (Wildman–Crippen LogP) is 5.02. The van der Waals surface area contributed by atoms with Crippen LogP contribution in [0, 0.1) is 11.3 Å². The van der Waals surface area contributed by atoms with Crippen molar-refractivity contribution >= 4 is 17.4 Å². The number of aliphatic hydroxyl groups is 1. The smallest absolute Gasteiger partial charge is 0.294 e. The van der Waals surface area contributed by atoms with Gasteiger partial charge in [-0.1, -0.05) is 50.2 Å². The maximum Gasteiger partial charge on any atom is 0.294 e. The number of benzene rings is 1. The second kappa shape index (κ2) is 8.72. The monoisotopic (exact) mass is 462 g/mol. The van der Waals surface area contributed by atoms with Gasteiger partial charge in [0, 0.05) is 30.3 Å². The molecule has 2 aliphatic carbocycles. The van der Waals surface area contributed by atoms with Crippen molar-refractivity contribution in [2.24, 2.45) is 11.3 Å². The maximum absolute atomic E-state index is 13.6. The van der Waals surface area contributed by atoms with Crippen molar-refractivity contribution in [2.75, 3.05) is 12.0 Å². The molecule has 0 spiro atoms. The van der Waals surface area contributed by atoms with Crippen LogP contribution in [-0.2, 0) is 14.3 Å². The Morgan fingerprint density at radius 3 is 2.41 bits per heavy atom. The number of carbonyl (C=O) groups excluding carboxylic acids is 2. The number of Topliss-reactive ketones (excluding diaryl/α,β-unsaturated/α-hetero) is 1. The van der Waals surface area contributed by atoms with Crippen LogP contribution in [0.25, 0.3) is 11.3 Å². The number of hydrogen-bond donors (Lipinski definition) is 1. The summed E-state index contributed by atoms with van der Waals surface area (Å²) < 4.78 is 10.5. The zero-order valence-electron chi connectivity index (χ0n) is 20.3. The molecule has 1 N–H and O–H groups in total. The van der Waals surface area contributed by atoms with Crippen molar-refractivity contribution < 1.29 is 24.0 Å². The highest BCUT2D eigenvalue weighted by molar-refractivity contribution is 6.19. The number of hydrogen-bond acceptors (Lipinski definition) is 6. The van der Waals surface area contributed by atoms with E-state index in [4.69, 9.17) is 9.26 Å². The number of ketones is 1. The lowest BCUT2D eigenvalue weighted by atomic mass is 9.59. The van der Waals surface area contributed by atoms with Crippen molar-refractivity contribution in [3.05, 3.63) is 71.2 Å². The summed E-state index contributed by atoms with van der Waals surface area (Å²) in [5, 5.41) is 14.7. The summed E-state index contributed by atoms with van der Waals surface area (Å²) in [7, 11) is 1.63. The van der Waals surface area contributed by atoms with Gasteiger partial charge in [-0.05, 0) is 37.1 Å². The average Bonchev–Trinajstić information content (AvgIpc) is 3.47. The number of ether oxygens (including phenoxy) is 1. The SMILES string of the molecule is CC.COC1C=CC2(C)C(=O)C3=C(O)C(=O)N(c4ccc(-c5ccon5)cc4)C3C(C)C2=C1C. The molecule has 0 bridgehead atoms. The number of anilines is 1. The molecule has 4 unspecified atom stereocenters. The standard InChI is InChI=1S/C25H24N2O5.C2H6/c1-13-18(31-4)9-11-25(3)20(13)14(2)21-19(23(25)29)22(28)24(30)27(21)16-7-5-15(6-8-16)17-10-12-32-26-17;1-2/h5-12,14,18,21,28H,1-4H3;1-2H3. The second-order valence-electron chi connectivity index (χ2n) is 8.75. The van der Waals surface area contributed by atoms with Gasteiger partial charge in [-0.15, -0.1) is 0 Å². The maximum atomic E-state index is 13.6. The summed E-state index contributed by atoms with van der Waals surface area (Å²) in [4.78, 5) is 28.3. The van der Waals surface area contributed by atoms with Gasteiger partial charge in [-0.3, -0.25) is 14.5 Å². The molecule has 0 saturated heterocycles. The van der Waals surface area contributed by atoms with Gasteiger partial charge in [-0.2, -0.15) is 0 Å². The molecule has 2 aromatic rings. The minimum Gasteiger partial charge on any atom is -0.503 e. The van der Waals surface area contributed by atoms with Crippen molar-refractivity contribution in [2.45, 2.75) is 46.8 Å². The molecule has 7 heteroatoms. The second-order valence-corrected chi connectivity index (χ2v) is 8.75. The Labute approximate surface area is 199 Å². The van der Waals surface area contributed by atoms with Gasteiger partial charge >= 0.3 is 0 Å². The van der Waals surface area contributed by atoms with Gasteiger partial charge in [0.2, 0.25) is 0 Å². The van der Waals surface area contributed by atoms with E-state index in [1.807, 2.05) is 58.9 Å². The van der Waals surface area contributed by atoms with Crippen LogP contribution in [-0.4, -0.2) is 41.2 Å². The van der Waals surface area contributed by atoms with E-state index in [-0.39, 0.29) is 23.4 Å². The first-order valence-corrected chi connectivity index (χ1v) is 11.5. The third-order valence-corrected chi connectivity index (χ3v) is 7.04. The molecule has 178 valence electrons. The summed E-state index contributed by atoms with van der Waals surface area (Å²) in [6, 6.07) is 8.43. The summed E-state index contributed by atoms with van der Waals surface area (Å²) >= 11 is 0. The fourth-order valence-electron chi connectivity index (χ4n) is 5.57. The van der Waals surface area contributed by atoms with Crippen LogP contribution in [0.3, 0.4) is 0 Å². The molecular weight excluding hydrogens is 432 g/mol. The van der Waals surface area contributed by atoms with Crippen molar-refractivity contribution in [1.29, 1.82) is 0 Å².